The lowest BCUT2D eigenvalue weighted by Crippen LogP contribution is -2.13. The summed E-state index contributed by atoms with van der Waals surface area (Å²) in [5.41, 5.74) is 7.16. The van der Waals surface area contributed by atoms with E-state index in [0.717, 1.165) is 0 Å². The average Bonchev–Trinajstić information content (AvgIpc) is 2.95. The van der Waals surface area contributed by atoms with E-state index in [1.54, 1.807) is 28.8 Å². The number of rotatable bonds is 4. The Hall–Kier alpha value is -2.40. The lowest BCUT2D eigenvalue weighted by Gasteiger charge is -2.13. The Bertz CT molecular complexity index is 1150. The van der Waals surface area contributed by atoms with Gasteiger partial charge in [-0.3, -0.25) is 9.67 Å². The van der Waals surface area contributed by atoms with E-state index in [4.69, 9.17) is 39.4 Å². The molecule has 136 valence electrons. The number of nitrogen functional groups attached to an aromatic ring is 1. The Balaban J connectivity index is 2.33. The molecular formula is C15H14ClN5O3S2. The van der Waals surface area contributed by atoms with Gasteiger partial charge in [0.05, 0.1) is 17.8 Å². The number of nitrogens with one attached hydrogen (secondary N) is 1. The number of anilines is 1. The number of primary sulfonamides is 1. The average molecular weight is 412 g/mol. The molecule has 0 aliphatic carbocycles. The first-order chi connectivity index (χ1) is 12.2. The van der Waals surface area contributed by atoms with Gasteiger partial charge in [-0.1, -0.05) is 23.7 Å². The molecular weight excluding hydrogens is 398 g/mol. The summed E-state index contributed by atoms with van der Waals surface area (Å²) in [5.74, 6) is 0.837. The lowest BCUT2D eigenvalue weighted by molar-refractivity contribution is 0.413. The maximum absolute atomic E-state index is 11.8. The zero-order valence-electron chi connectivity index (χ0n) is 13.4. The molecule has 0 atom stereocenters. The van der Waals surface area contributed by atoms with Crippen molar-refractivity contribution >= 4 is 39.5 Å². The van der Waals surface area contributed by atoms with Crippen LogP contribution in [0.15, 0.2) is 41.3 Å². The number of nitrogens with two attached hydrogens (primary N) is 2. The highest BCUT2D eigenvalue weighted by Crippen LogP contribution is 2.34. The molecule has 2 aromatic carbocycles. The van der Waals surface area contributed by atoms with E-state index in [9.17, 15) is 8.42 Å². The van der Waals surface area contributed by atoms with Crippen molar-refractivity contribution in [1.82, 2.24) is 14.8 Å². The molecule has 8 nitrogen and oxygen atoms in total. The molecule has 11 heteroatoms. The third-order valence-corrected chi connectivity index (χ3v) is 5.30. The minimum atomic E-state index is -4.05. The second-order valence-electron chi connectivity index (χ2n) is 5.27. The normalized spacial score (nSPS) is 11.5. The summed E-state index contributed by atoms with van der Waals surface area (Å²) in [4.78, 5) is -0.260. The molecule has 1 heterocycles. The minimum absolute atomic E-state index is 0.0771. The number of sulfonamides is 1. The van der Waals surface area contributed by atoms with Crippen molar-refractivity contribution in [3.8, 4) is 22.8 Å². The second kappa shape index (κ2) is 6.72. The molecule has 0 unspecified atom stereocenters. The van der Waals surface area contributed by atoms with Gasteiger partial charge in [-0.2, -0.15) is 5.10 Å². The summed E-state index contributed by atoms with van der Waals surface area (Å²) in [7, 11) is -2.52. The van der Waals surface area contributed by atoms with E-state index in [2.05, 4.69) is 10.2 Å². The van der Waals surface area contributed by atoms with Crippen LogP contribution in [0.3, 0.4) is 0 Å². The van der Waals surface area contributed by atoms with Crippen LogP contribution < -0.4 is 15.6 Å². The molecule has 0 saturated carbocycles. The fraction of sp³-hybridized carbons (Fsp3) is 0.0667. The van der Waals surface area contributed by atoms with E-state index in [-0.39, 0.29) is 20.4 Å². The minimum Gasteiger partial charge on any atom is -0.495 e. The van der Waals surface area contributed by atoms with E-state index < -0.39 is 10.0 Å². The van der Waals surface area contributed by atoms with Crippen LogP contribution in [0.25, 0.3) is 17.1 Å². The molecule has 0 aliphatic heterocycles. The van der Waals surface area contributed by atoms with Crippen molar-refractivity contribution < 1.29 is 13.2 Å². The van der Waals surface area contributed by atoms with E-state index in [1.165, 1.54) is 19.2 Å². The highest BCUT2D eigenvalue weighted by Gasteiger charge is 2.21. The maximum Gasteiger partial charge on any atom is 0.239 e. The lowest BCUT2D eigenvalue weighted by atomic mass is 10.1. The van der Waals surface area contributed by atoms with Gasteiger partial charge in [-0.05, 0) is 36.5 Å². The Morgan fingerprint density at radius 2 is 2.00 bits per heavy atom. The summed E-state index contributed by atoms with van der Waals surface area (Å²) in [6, 6.07) is 9.72. The van der Waals surface area contributed by atoms with E-state index in [1.807, 2.05) is 0 Å². The summed E-state index contributed by atoms with van der Waals surface area (Å²) >= 11 is 11.3. The summed E-state index contributed by atoms with van der Waals surface area (Å²) in [5, 5.41) is 12.0. The number of halogens is 1. The number of ether oxygens (including phenoxy) is 1. The monoisotopic (exact) mass is 411 g/mol. The van der Waals surface area contributed by atoms with E-state index in [0.29, 0.717) is 22.8 Å². The van der Waals surface area contributed by atoms with Crippen LogP contribution in [-0.2, 0) is 10.0 Å². The van der Waals surface area contributed by atoms with Crippen LogP contribution in [0.2, 0.25) is 5.02 Å². The van der Waals surface area contributed by atoms with Gasteiger partial charge in [0.2, 0.25) is 10.0 Å². The first-order valence-corrected chi connectivity index (χ1v) is 9.50. The van der Waals surface area contributed by atoms with Crippen LogP contribution in [-0.4, -0.2) is 30.3 Å². The summed E-state index contributed by atoms with van der Waals surface area (Å²) in [6.45, 7) is 0. The zero-order chi connectivity index (χ0) is 19.1. The molecule has 0 fully saturated rings. The molecule has 0 radical (unpaired) electrons. The third kappa shape index (κ3) is 3.19. The number of aromatic amines is 1. The van der Waals surface area contributed by atoms with Crippen molar-refractivity contribution in [1.29, 1.82) is 0 Å². The highest BCUT2D eigenvalue weighted by atomic mass is 35.5. The highest BCUT2D eigenvalue weighted by molar-refractivity contribution is 7.89. The van der Waals surface area contributed by atoms with Gasteiger partial charge < -0.3 is 10.5 Å². The molecule has 1 aromatic heterocycles. The van der Waals surface area contributed by atoms with Crippen LogP contribution >= 0.6 is 23.8 Å². The van der Waals surface area contributed by atoms with E-state index >= 15 is 0 Å². The number of methoxy groups -OCH3 is 1. The zero-order valence-corrected chi connectivity index (χ0v) is 15.8. The van der Waals surface area contributed by atoms with Gasteiger partial charge in [0.25, 0.3) is 0 Å². The van der Waals surface area contributed by atoms with Crippen molar-refractivity contribution in [2.45, 2.75) is 4.90 Å². The van der Waals surface area contributed by atoms with Crippen LogP contribution in [0.5, 0.6) is 5.75 Å². The molecule has 3 rings (SSSR count). The summed E-state index contributed by atoms with van der Waals surface area (Å²) in [6.07, 6.45) is 0. The second-order valence-corrected chi connectivity index (χ2v) is 7.60. The predicted molar refractivity (Wildman–Crippen MR) is 102 cm³/mol. The SMILES string of the molecule is COc1ccccc1-n1c(-c2cc(S(N)(=O)=O)c(Cl)cc2N)n[nH]c1=S. The van der Waals surface area contributed by atoms with Crippen LogP contribution in [0.1, 0.15) is 0 Å². The number of nitrogens with zero attached hydrogens (tertiary/aromatic N) is 2. The number of aromatic nitrogens is 3. The molecule has 0 spiro atoms. The van der Waals surface area contributed by atoms with Crippen LogP contribution in [0.4, 0.5) is 5.69 Å². The molecule has 26 heavy (non-hydrogen) atoms. The molecule has 0 aliphatic rings. The maximum atomic E-state index is 11.8. The fourth-order valence-electron chi connectivity index (χ4n) is 2.50. The molecule has 0 saturated heterocycles. The van der Waals surface area contributed by atoms with Gasteiger partial charge in [-0.25, -0.2) is 13.6 Å². The van der Waals surface area contributed by atoms with Gasteiger partial charge >= 0.3 is 0 Å². The van der Waals surface area contributed by atoms with Gasteiger partial charge in [0, 0.05) is 11.3 Å². The number of benzene rings is 2. The summed E-state index contributed by atoms with van der Waals surface area (Å²) < 4.78 is 30.8. The molecule has 5 N–H and O–H groups in total. The first kappa shape index (κ1) is 18.4. The smallest absolute Gasteiger partial charge is 0.239 e. The third-order valence-electron chi connectivity index (χ3n) is 3.65. The Labute approximate surface area is 159 Å². The van der Waals surface area contributed by atoms with Crippen molar-refractivity contribution in [2.75, 3.05) is 12.8 Å². The van der Waals surface area contributed by atoms with Crippen molar-refractivity contribution in [3.63, 3.8) is 0 Å². The van der Waals surface area contributed by atoms with Crippen LogP contribution in [0, 0.1) is 4.77 Å². The predicted octanol–water partition coefficient (Wildman–Crippen LogP) is 2.49. The van der Waals surface area contributed by atoms with Gasteiger partial charge in [0.1, 0.15) is 10.6 Å². The molecule has 3 aromatic rings. The Morgan fingerprint density at radius 3 is 2.65 bits per heavy atom. The van der Waals surface area contributed by atoms with Gasteiger partial charge in [0.15, 0.2) is 10.6 Å². The quantitative estimate of drug-likeness (QED) is 0.446. The molecule has 0 amide bonds. The fourth-order valence-corrected chi connectivity index (χ4v) is 3.83. The number of para-hydroxylation sites is 2. The Kier molecular flexibility index (Phi) is 4.76. The van der Waals surface area contributed by atoms with Crippen molar-refractivity contribution in [2.24, 2.45) is 5.14 Å². The first-order valence-electron chi connectivity index (χ1n) is 7.17. The number of hydrogen-bond donors (Lipinski definition) is 3. The largest absolute Gasteiger partial charge is 0.495 e. The number of H-pyrrole nitrogens is 1. The number of hydrogen-bond acceptors (Lipinski definition) is 6. The molecule has 0 bridgehead atoms. The van der Waals surface area contributed by atoms with Crippen molar-refractivity contribution in [3.05, 3.63) is 46.2 Å². The van der Waals surface area contributed by atoms with Gasteiger partial charge in [-0.15, -0.1) is 0 Å². The standard InChI is InChI=1S/C15H14ClN5O3S2/c1-24-12-5-3-2-4-11(12)21-14(19-20-15(21)25)8-6-13(26(18,22)23)9(16)7-10(8)17/h2-7H,17H2,1H3,(H,20,25)(H2,18,22,23). The Morgan fingerprint density at radius 1 is 1.31 bits per heavy atom. The topological polar surface area (TPSA) is 129 Å².